The highest BCUT2D eigenvalue weighted by Crippen LogP contribution is 2.30. The number of hydrogen-bond donors (Lipinski definition) is 2. The van der Waals surface area contributed by atoms with Gasteiger partial charge < -0.3 is 10.3 Å². The predicted octanol–water partition coefficient (Wildman–Crippen LogP) is 1.50. The molecule has 0 aliphatic heterocycles. The zero-order chi connectivity index (χ0) is 12.4. The van der Waals surface area contributed by atoms with Crippen LogP contribution in [0.4, 0.5) is 5.82 Å². The number of nitrogens with zero attached hydrogens (tertiary/aromatic N) is 2. The minimum absolute atomic E-state index is 0.168. The van der Waals surface area contributed by atoms with Crippen molar-refractivity contribution in [3.05, 3.63) is 22.8 Å². The monoisotopic (exact) mass is 254 g/mol. The lowest BCUT2D eigenvalue weighted by Crippen LogP contribution is -2.30. The number of carbonyl (C=O) groups excluding carboxylic acids is 1. The molecular weight excluding hydrogens is 240 g/mol. The molecule has 1 aromatic rings. The van der Waals surface area contributed by atoms with Crippen LogP contribution in [0.3, 0.4) is 0 Å². The number of anilines is 1. The summed E-state index contributed by atoms with van der Waals surface area (Å²) in [5, 5.41) is 0.344. The third-order valence-corrected chi connectivity index (χ3v) is 3.08. The number of hydrogen-bond acceptors (Lipinski definition) is 4. The molecule has 1 aliphatic rings. The van der Waals surface area contributed by atoms with E-state index in [0.29, 0.717) is 16.8 Å². The maximum atomic E-state index is 12.1. The van der Waals surface area contributed by atoms with E-state index in [0.717, 1.165) is 6.54 Å². The van der Waals surface area contributed by atoms with Gasteiger partial charge in [-0.1, -0.05) is 11.6 Å². The van der Waals surface area contributed by atoms with E-state index in [1.54, 1.807) is 24.1 Å². The molecule has 1 aliphatic carbocycles. The van der Waals surface area contributed by atoms with Crippen molar-refractivity contribution in [3.8, 4) is 0 Å². The summed E-state index contributed by atoms with van der Waals surface area (Å²) in [6, 6.07) is 3.24. The van der Waals surface area contributed by atoms with E-state index < -0.39 is 0 Å². The van der Waals surface area contributed by atoms with Gasteiger partial charge in [-0.2, -0.15) is 0 Å². The molecular formula is C11H15ClN4O. The van der Waals surface area contributed by atoms with Crippen LogP contribution >= 0.6 is 11.6 Å². The Balaban J connectivity index is 2.16. The van der Waals surface area contributed by atoms with Crippen LogP contribution in [0.25, 0.3) is 0 Å². The van der Waals surface area contributed by atoms with Crippen molar-refractivity contribution in [2.24, 2.45) is 11.8 Å². The summed E-state index contributed by atoms with van der Waals surface area (Å²) in [5.41, 5.74) is 2.64. The van der Waals surface area contributed by atoms with Crippen LogP contribution in [0.5, 0.6) is 0 Å². The van der Waals surface area contributed by atoms with Gasteiger partial charge in [0, 0.05) is 13.6 Å². The standard InChI is InChI=1S/C11H15ClN4O/c1-16(6-7-2-3-7)11(17)10-8(12)4-5-9(14-10)15-13/h4-5,7H,2-3,6,13H2,1H3,(H,14,15). The average Bonchev–Trinajstić information content (AvgIpc) is 3.12. The van der Waals surface area contributed by atoms with Crippen LogP contribution in [0.1, 0.15) is 23.3 Å². The molecule has 1 saturated carbocycles. The lowest BCUT2D eigenvalue weighted by Gasteiger charge is -2.17. The van der Waals surface area contributed by atoms with E-state index in [9.17, 15) is 4.79 Å². The molecule has 0 radical (unpaired) electrons. The van der Waals surface area contributed by atoms with Gasteiger partial charge in [0.25, 0.3) is 5.91 Å². The van der Waals surface area contributed by atoms with E-state index in [1.165, 1.54) is 12.8 Å². The number of hydrazine groups is 1. The van der Waals surface area contributed by atoms with Gasteiger partial charge in [-0.25, -0.2) is 10.8 Å². The number of nitrogens with two attached hydrogens (primary N) is 1. The predicted molar refractivity (Wildman–Crippen MR) is 66.7 cm³/mol. The summed E-state index contributed by atoms with van der Waals surface area (Å²) in [5.74, 6) is 6.15. The molecule has 1 fully saturated rings. The molecule has 92 valence electrons. The fraction of sp³-hybridized carbons (Fsp3) is 0.455. The van der Waals surface area contributed by atoms with Gasteiger partial charge in [-0.3, -0.25) is 4.79 Å². The molecule has 0 atom stereocenters. The summed E-state index contributed by atoms with van der Waals surface area (Å²) in [6.07, 6.45) is 2.40. The summed E-state index contributed by atoms with van der Waals surface area (Å²) in [7, 11) is 1.77. The third-order valence-electron chi connectivity index (χ3n) is 2.77. The van der Waals surface area contributed by atoms with E-state index in [2.05, 4.69) is 10.4 Å². The number of halogens is 1. The molecule has 0 aromatic carbocycles. The fourth-order valence-electron chi connectivity index (χ4n) is 1.62. The minimum atomic E-state index is -0.168. The van der Waals surface area contributed by atoms with Gasteiger partial charge in [-0.05, 0) is 30.9 Å². The van der Waals surface area contributed by atoms with Crippen molar-refractivity contribution in [2.45, 2.75) is 12.8 Å². The Morgan fingerprint density at radius 2 is 2.35 bits per heavy atom. The maximum Gasteiger partial charge on any atom is 0.273 e. The lowest BCUT2D eigenvalue weighted by atomic mass is 10.3. The first kappa shape index (κ1) is 12.1. The molecule has 3 N–H and O–H groups in total. The third kappa shape index (κ3) is 2.87. The zero-order valence-electron chi connectivity index (χ0n) is 9.61. The molecule has 0 saturated heterocycles. The molecule has 0 unspecified atom stereocenters. The second kappa shape index (κ2) is 4.89. The molecule has 1 aromatic heterocycles. The van der Waals surface area contributed by atoms with E-state index in [-0.39, 0.29) is 11.6 Å². The average molecular weight is 255 g/mol. The van der Waals surface area contributed by atoms with Gasteiger partial charge in [0.2, 0.25) is 0 Å². The number of nitrogen functional groups attached to an aromatic ring is 1. The molecule has 1 heterocycles. The number of amides is 1. The molecule has 0 spiro atoms. The Morgan fingerprint density at radius 1 is 1.65 bits per heavy atom. The highest BCUT2D eigenvalue weighted by atomic mass is 35.5. The number of nitrogens with one attached hydrogen (secondary N) is 1. The summed E-state index contributed by atoms with van der Waals surface area (Å²) >= 11 is 5.97. The maximum absolute atomic E-state index is 12.1. The topological polar surface area (TPSA) is 71.2 Å². The van der Waals surface area contributed by atoms with Crippen molar-refractivity contribution < 1.29 is 4.79 Å². The SMILES string of the molecule is CN(CC1CC1)C(=O)c1nc(NN)ccc1Cl. The molecule has 1 amide bonds. The largest absolute Gasteiger partial charge is 0.340 e. The second-order valence-corrected chi connectivity index (χ2v) is 4.71. The van der Waals surface area contributed by atoms with E-state index in [4.69, 9.17) is 17.4 Å². The Kier molecular flexibility index (Phi) is 3.49. The van der Waals surface area contributed by atoms with Crippen molar-refractivity contribution >= 4 is 23.3 Å². The summed E-state index contributed by atoms with van der Waals surface area (Å²) in [4.78, 5) is 17.8. The number of rotatable bonds is 4. The molecule has 6 heteroatoms. The number of carbonyl (C=O) groups is 1. The van der Waals surface area contributed by atoms with Gasteiger partial charge in [0.1, 0.15) is 11.5 Å². The smallest absolute Gasteiger partial charge is 0.273 e. The van der Waals surface area contributed by atoms with E-state index in [1.807, 2.05) is 0 Å². The minimum Gasteiger partial charge on any atom is -0.340 e. The molecule has 0 bridgehead atoms. The van der Waals surface area contributed by atoms with Crippen LogP contribution < -0.4 is 11.3 Å². The Hall–Kier alpha value is -1.33. The van der Waals surface area contributed by atoms with Crippen LogP contribution in [-0.2, 0) is 0 Å². The highest BCUT2D eigenvalue weighted by molar-refractivity contribution is 6.33. The van der Waals surface area contributed by atoms with Crippen LogP contribution in [0.2, 0.25) is 5.02 Å². The second-order valence-electron chi connectivity index (χ2n) is 4.30. The molecule has 5 nitrogen and oxygen atoms in total. The first-order valence-electron chi connectivity index (χ1n) is 5.50. The first-order valence-corrected chi connectivity index (χ1v) is 5.88. The zero-order valence-corrected chi connectivity index (χ0v) is 10.4. The van der Waals surface area contributed by atoms with Crippen molar-refractivity contribution in [3.63, 3.8) is 0 Å². The van der Waals surface area contributed by atoms with Gasteiger partial charge in [-0.15, -0.1) is 0 Å². The summed E-state index contributed by atoms with van der Waals surface area (Å²) < 4.78 is 0. The fourth-order valence-corrected chi connectivity index (χ4v) is 1.81. The molecule has 2 rings (SSSR count). The van der Waals surface area contributed by atoms with Crippen molar-refractivity contribution in [2.75, 3.05) is 19.0 Å². The van der Waals surface area contributed by atoms with Gasteiger partial charge in [0.05, 0.1) is 5.02 Å². The summed E-state index contributed by atoms with van der Waals surface area (Å²) in [6.45, 7) is 0.761. The van der Waals surface area contributed by atoms with Crippen LogP contribution in [0, 0.1) is 5.92 Å². The Bertz CT molecular complexity index is 433. The quantitative estimate of drug-likeness (QED) is 0.631. The van der Waals surface area contributed by atoms with Crippen molar-refractivity contribution in [1.29, 1.82) is 0 Å². The van der Waals surface area contributed by atoms with E-state index >= 15 is 0 Å². The number of pyridine rings is 1. The van der Waals surface area contributed by atoms with Crippen LogP contribution in [0.15, 0.2) is 12.1 Å². The lowest BCUT2D eigenvalue weighted by molar-refractivity contribution is 0.0783. The van der Waals surface area contributed by atoms with Gasteiger partial charge in [0.15, 0.2) is 0 Å². The van der Waals surface area contributed by atoms with Crippen molar-refractivity contribution in [1.82, 2.24) is 9.88 Å². The normalized spacial score (nSPS) is 14.5. The Morgan fingerprint density at radius 3 is 2.94 bits per heavy atom. The Labute approximate surface area is 105 Å². The van der Waals surface area contributed by atoms with Gasteiger partial charge >= 0.3 is 0 Å². The highest BCUT2D eigenvalue weighted by Gasteiger charge is 2.26. The number of aromatic nitrogens is 1. The molecule has 17 heavy (non-hydrogen) atoms. The first-order chi connectivity index (χ1) is 8.11. The van der Waals surface area contributed by atoms with Crippen LogP contribution in [-0.4, -0.2) is 29.4 Å².